The molecule has 3 rings (SSSR count). The Balaban J connectivity index is 1.67. The van der Waals surface area contributed by atoms with Gasteiger partial charge in [0.05, 0.1) is 9.79 Å². The van der Waals surface area contributed by atoms with E-state index in [1.165, 1.54) is 24.3 Å². The summed E-state index contributed by atoms with van der Waals surface area (Å²) in [6.07, 6.45) is 0.836. The summed E-state index contributed by atoms with van der Waals surface area (Å²) in [4.78, 5) is 25.6. The van der Waals surface area contributed by atoms with Gasteiger partial charge < -0.3 is 10.4 Å². The average Bonchev–Trinajstić information content (AvgIpc) is 2.98. The Morgan fingerprint density at radius 1 is 0.800 bits per heavy atom. The third kappa shape index (κ3) is 10.5. The molecule has 0 heterocycles. The molecule has 0 bridgehead atoms. The lowest BCUT2D eigenvalue weighted by atomic mass is 10.1. The van der Waals surface area contributed by atoms with Gasteiger partial charge in [-0.25, -0.2) is 16.8 Å². The Labute approximate surface area is 267 Å². The largest absolute Gasteiger partial charge is 0.480 e. The van der Waals surface area contributed by atoms with Crippen LogP contribution in [0.2, 0.25) is 0 Å². The van der Waals surface area contributed by atoms with Crippen LogP contribution in [0, 0.1) is 19.8 Å². The maximum atomic E-state index is 13.5. The number of carboxylic acids is 1. The number of aliphatic carboxylic acids is 1. The van der Waals surface area contributed by atoms with Crippen LogP contribution in [-0.4, -0.2) is 63.3 Å². The van der Waals surface area contributed by atoms with E-state index in [1.807, 2.05) is 33.8 Å². The minimum absolute atomic E-state index is 0.0322. The van der Waals surface area contributed by atoms with Crippen LogP contribution in [0.3, 0.4) is 0 Å². The lowest BCUT2D eigenvalue weighted by Gasteiger charge is -2.29. The molecule has 10 nitrogen and oxygen atoms in total. The first kappa shape index (κ1) is 35.9. The molecule has 0 spiro atoms. The van der Waals surface area contributed by atoms with Gasteiger partial charge in [-0.1, -0.05) is 79.6 Å². The lowest BCUT2D eigenvalue weighted by Crippen LogP contribution is -2.48. The molecule has 0 radical (unpaired) electrons. The molecular weight excluding hydrogens is 615 g/mol. The second-order valence-electron chi connectivity index (χ2n) is 11.6. The van der Waals surface area contributed by atoms with Crippen molar-refractivity contribution in [3.8, 4) is 0 Å². The molecule has 3 aromatic carbocycles. The predicted octanol–water partition coefficient (Wildman–Crippen LogP) is 4.28. The molecule has 0 aliphatic rings. The SMILES string of the molecule is Cc1ccc(S(=O)(=O)N[C@H](Cc2ccccc2)C(=O)NCCCC[C@H](C(=O)O)N(CC(C)C)S(=O)(=O)c2ccc(C)cc2)cc1. The van der Waals surface area contributed by atoms with Gasteiger partial charge in [0.2, 0.25) is 26.0 Å². The van der Waals surface area contributed by atoms with E-state index in [2.05, 4.69) is 10.0 Å². The van der Waals surface area contributed by atoms with Crippen molar-refractivity contribution in [2.24, 2.45) is 5.92 Å². The van der Waals surface area contributed by atoms with Crippen LogP contribution in [-0.2, 0) is 36.1 Å². The Hall–Kier alpha value is -3.58. The van der Waals surface area contributed by atoms with Gasteiger partial charge in [0.1, 0.15) is 12.1 Å². The minimum atomic E-state index is -4.08. The zero-order valence-corrected chi connectivity index (χ0v) is 27.8. The first-order valence-electron chi connectivity index (χ1n) is 14.9. The number of hydrogen-bond acceptors (Lipinski definition) is 6. The molecule has 0 unspecified atom stereocenters. The maximum Gasteiger partial charge on any atom is 0.322 e. The summed E-state index contributed by atoms with van der Waals surface area (Å²) in [6.45, 7) is 7.52. The van der Waals surface area contributed by atoms with Crippen LogP contribution in [0.5, 0.6) is 0 Å². The summed E-state index contributed by atoms with van der Waals surface area (Å²) >= 11 is 0. The number of benzene rings is 3. The third-order valence-electron chi connectivity index (χ3n) is 7.24. The number of sulfonamides is 2. The number of aryl methyl sites for hydroxylation is 2. The molecule has 1 amide bonds. The van der Waals surface area contributed by atoms with Crippen molar-refractivity contribution in [2.45, 2.75) is 75.3 Å². The summed E-state index contributed by atoms with van der Waals surface area (Å²) < 4.78 is 56.8. The van der Waals surface area contributed by atoms with Gasteiger partial charge in [-0.15, -0.1) is 0 Å². The molecule has 3 N–H and O–H groups in total. The van der Waals surface area contributed by atoms with E-state index < -0.39 is 44.0 Å². The molecule has 12 heteroatoms. The zero-order chi connectivity index (χ0) is 33.2. The Morgan fingerprint density at radius 3 is 1.89 bits per heavy atom. The van der Waals surface area contributed by atoms with Crippen LogP contribution in [0.1, 0.15) is 49.8 Å². The number of rotatable bonds is 17. The topological polar surface area (TPSA) is 150 Å². The Morgan fingerprint density at radius 2 is 1.36 bits per heavy atom. The second kappa shape index (κ2) is 16.1. The third-order valence-corrected chi connectivity index (χ3v) is 10.6. The van der Waals surface area contributed by atoms with Gasteiger partial charge in [-0.05, 0) is 75.3 Å². The molecule has 3 aromatic rings. The van der Waals surface area contributed by atoms with Gasteiger partial charge >= 0.3 is 5.97 Å². The van der Waals surface area contributed by atoms with Crippen molar-refractivity contribution in [3.05, 3.63) is 95.6 Å². The van der Waals surface area contributed by atoms with E-state index >= 15 is 0 Å². The molecule has 0 aliphatic heterocycles. The summed E-state index contributed by atoms with van der Waals surface area (Å²) in [6, 6.07) is 19.3. The van der Waals surface area contributed by atoms with Crippen LogP contribution in [0.25, 0.3) is 0 Å². The highest BCUT2D eigenvalue weighted by Gasteiger charge is 2.36. The zero-order valence-electron chi connectivity index (χ0n) is 26.1. The molecule has 0 aromatic heterocycles. The molecule has 2 atom stereocenters. The van der Waals surface area contributed by atoms with Gasteiger partial charge in [0, 0.05) is 13.1 Å². The molecule has 0 saturated carbocycles. The lowest BCUT2D eigenvalue weighted by molar-refractivity contribution is -0.142. The van der Waals surface area contributed by atoms with Gasteiger partial charge in [-0.2, -0.15) is 9.03 Å². The van der Waals surface area contributed by atoms with E-state index in [0.29, 0.717) is 12.8 Å². The smallest absolute Gasteiger partial charge is 0.322 e. The van der Waals surface area contributed by atoms with Crippen molar-refractivity contribution in [1.82, 2.24) is 14.3 Å². The molecule has 0 fully saturated rings. The van der Waals surface area contributed by atoms with E-state index in [-0.39, 0.29) is 41.6 Å². The van der Waals surface area contributed by atoms with Crippen molar-refractivity contribution < 1.29 is 31.5 Å². The van der Waals surface area contributed by atoms with Crippen molar-refractivity contribution >= 4 is 31.9 Å². The van der Waals surface area contributed by atoms with Crippen LogP contribution < -0.4 is 10.0 Å². The summed E-state index contributed by atoms with van der Waals surface area (Å²) in [5, 5.41) is 12.8. The fourth-order valence-corrected chi connectivity index (χ4v) is 7.77. The van der Waals surface area contributed by atoms with Crippen molar-refractivity contribution in [2.75, 3.05) is 13.1 Å². The fourth-order valence-electron chi connectivity index (χ4n) is 4.80. The highest BCUT2D eigenvalue weighted by atomic mass is 32.2. The van der Waals surface area contributed by atoms with Crippen LogP contribution >= 0.6 is 0 Å². The average molecular weight is 658 g/mol. The highest BCUT2D eigenvalue weighted by molar-refractivity contribution is 7.89. The molecule has 45 heavy (non-hydrogen) atoms. The molecule has 0 saturated heterocycles. The first-order valence-corrected chi connectivity index (χ1v) is 17.8. The summed E-state index contributed by atoms with van der Waals surface area (Å²) in [5.41, 5.74) is 2.56. The quantitative estimate of drug-likeness (QED) is 0.184. The second-order valence-corrected chi connectivity index (χ2v) is 15.2. The Kier molecular flexibility index (Phi) is 12.9. The molecular formula is C33H43N3O7S2. The first-order chi connectivity index (χ1) is 21.2. The van der Waals surface area contributed by atoms with E-state index in [4.69, 9.17) is 0 Å². The summed E-state index contributed by atoms with van der Waals surface area (Å²) in [7, 11) is -8.07. The summed E-state index contributed by atoms with van der Waals surface area (Å²) in [5.74, 6) is -1.88. The van der Waals surface area contributed by atoms with E-state index in [0.717, 1.165) is 21.0 Å². The molecule has 0 aliphatic carbocycles. The number of hydrogen-bond donors (Lipinski definition) is 3. The minimum Gasteiger partial charge on any atom is -0.480 e. The van der Waals surface area contributed by atoms with Crippen molar-refractivity contribution in [3.63, 3.8) is 0 Å². The number of nitrogens with zero attached hydrogens (tertiary/aromatic N) is 1. The van der Waals surface area contributed by atoms with Gasteiger partial charge in [0.25, 0.3) is 0 Å². The number of unbranched alkanes of at least 4 members (excludes halogenated alkanes) is 1. The number of carbonyl (C=O) groups is 2. The highest BCUT2D eigenvalue weighted by Crippen LogP contribution is 2.23. The Bertz CT molecular complexity index is 1630. The fraction of sp³-hybridized carbons (Fsp3) is 0.394. The number of amides is 1. The number of carbonyl (C=O) groups excluding carboxylic acids is 1. The molecule has 244 valence electrons. The van der Waals surface area contributed by atoms with Gasteiger partial charge in [-0.3, -0.25) is 9.59 Å². The van der Waals surface area contributed by atoms with Crippen molar-refractivity contribution in [1.29, 1.82) is 0 Å². The normalized spacial score (nSPS) is 13.5. The maximum absolute atomic E-state index is 13.5. The monoisotopic (exact) mass is 657 g/mol. The van der Waals surface area contributed by atoms with Gasteiger partial charge in [0.15, 0.2) is 0 Å². The van der Waals surface area contributed by atoms with E-state index in [1.54, 1.807) is 48.5 Å². The standard InChI is InChI=1S/C33H43N3O7S2/c1-24(2)23-36(45(42,43)29-19-15-26(4)16-20-29)31(33(38)39)12-8-9-21-34-32(37)30(22-27-10-6-5-7-11-27)35-44(40,41)28-17-13-25(3)14-18-28/h5-7,10-11,13-20,24,30-31,35H,8-9,12,21-23H2,1-4H3,(H,34,37)(H,38,39)/t30-,31-/m1/s1. The van der Waals surface area contributed by atoms with Crippen LogP contribution in [0.15, 0.2) is 88.7 Å². The number of nitrogens with one attached hydrogen (secondary N) is 2. The predicted molar refractivity (Wildman–Crippen MR) is 174 cm³/mol. The van der Waals surface area contributed by atoms with E-state index in [9.17, 15) is 31.5 Å². The van der Waals surface area contributed by atoms with Crippen LogP contribution in [0.4, 0.5) is 0 Å². The number of carboxylic acid groups (broad SMARTS) is 1.